The molecule has 22 aromatic carbocycles. The Balaban J connectivity index is 0.000000133. The van der Waals surface area contributed by atoms with Crippen molar-refractivity contribution >= 4 is 207 Å². The molecule has 648 valence electrons. The number of thiophene rings is 2. The van der Waals surface area contributed by atoms with E-state index in [9.17, 15) is 13.7 Å². The van der Waals surface area contributed by atoms with Crippen molar-refractivity contribution < 1.29 is 47.2 Å². The standard InChI is InChI=1S/C45H28N2O2.C42H28N2S2.C41H31N/c1-3-9-29(10-4-1)30-17-21-34(22-18-30)47(36-24-26-42-39(28-36)37-13-7-8-14-41(37)48-42)35-23-19-31-15-16-32-20-25-40-44(43(32)38(31)27-35)49-45(46-40)33-11-5-2-6-12-33;1-4-12-29(13-5-1)43(30-14-6-2-7-15-30)32-22-25-40-38(26-32)37-24-21-34(28-42(37)46-40)44(31-16-8-3-9-17-31)33-20-23-36-35-18-10-11-19-39(35)45-41(36)27-33;1-41(2)39-23-22-36(27-38(39)37-25-31-12-8-9-13-32(31)26-40(37)41)42(34-14-4-3-5-15-34)35-20-18-29(19-21-35)33-17-16-28-10-6-7-11-30(28)24-33/h1-28H;1-28H;3-27H,1-2H3/i1D,2D,3D,4D,5D,6D,7D,8D,9D,10D,11D,12D,13D,14D,15D,16D,17D,18D,19D,20D,21D,22D,23D,24D,25D,26D,27D,28D;;. The fourth-order valence-electron chi connectivity index (χ4n) is 18.5. The van der Waals surface area contributed by atoms with Gasteiger partial charge in [0.1, 0.15) is 16.7 Å². The SMILES string of the molecule is CC1(C)c2ccc(N(c3ccccc3)c3ccc(-c4ccc5ccccc5c4)cc3)cc2-c2cc3ccccc3cc21.[2H]c1c([2H])c([2H])c(-c2nc3c([2H])c([2H])c4c([2H])c([2H])c5c([2H])c([2H])c(N(c6c([2H])c([2H])c(-c7c([2H])c([2H])c([2H])c([2H])c7[2H])c([2H])c6[2H])c6c([2H])c([2H])c7oc8c([2H])c([2H])c([2H])c([2H])c8c7c6[2H])c([2H])c5c4c3o2)c([2H])c1[2H].c1ccc(N(c2ccc3c(c2)sc2ccccc23)c2ccc3c(c2)sc2ccc(N(c4ccccc4)c4ccccc4)cc23)cc1. The largest absolute Gasteiger partial charge is 0.456 e. The predicted octanol–water partition coefficient (Wildman–Crippen LogP) is 37.6. The van der Waals surface area contributed by atoms with Gasteiger partial charge in [-0.1, -0.05) is 299 Å². The second-order valence-corrected chi connectivity index (χ2v) is 35.7. The third kappa shape index (κ3) is 15.1. The van der Waals surface area contributed by atoms with Gasteiger partial charge in [0.25, 0.3) is 0 Å². The van der Waals surface area contributed by atoms with Gasteiger partial charge in [-0.2, -0.15) is 0 Å². The van der Waals surface area contributed by atoms with E-state index in [-0.39, 0.29) is 5.41 Å². The number of para-hydroxylation sites is 5. The molecule has 0 unspecified atom stereocenters. The number of benzene rings is 22. The summed E-state index contributed by atoms with van der Waals surface area (Å²) < 4.78 is 266. The van der Waals surface area contributed by atoms with Crippen LogP contribution in [0.15, 0.2) is 500 Å². The topological polar surface area (TPSA) is 52.1 Å². The fourth-order valence-corrected chi connectivity index (χ4v) is 20.8. The van der Waals surface area contributed by atoms with Crippen LogP contribution in [-0.2, 0) is 5.41 Å². The monoisotopic (exact) mass is 1820 g/mol. The van der Waals surface area contributed by atoms with E-state index < -0.39 is 263 Å². The summed E-state index contributed by atoms with van der Waals surface area (Å²) in [6.45, 7) is 4.71. The van der Waals surface area contributed by atoms with Crippen LogP contribution < -0.4 is 19.6 Å². The van der Waals surface area contributed by atoms with Gasteiger partial charge in [-0.05, 0) is 288 Å². The first-order valence-electron chi connectivity index (χ1n) is 58.3. The normalized spacial score (nSPS) is 14.9. The molecule has 0 atom stereocenters. The van der Waals surface area contributed by atoms with Crippen molar-refractivity contribution in [2.24, 2.45) is 0 Å². The molecule has 0 amide bonds. The van der Waals surface area contributed by atoms with E-state index in [0.29, 0.717) is 4.90 Å². The molecule has 0 saturated heterocycles. The number of anilines is 12. The second kappa shape index (κ2) is 34.4. The summed E-state index contributed by atoms with van der Waals surface area (Å²) in [5.41, 5.74) is 10.3. The van der Waals surface area contributed by atoms with E-state index in [4.69, 9.17) is 33.5 Å². The van der Waals surface area contributed by atoms with Gasteiger partial charge < -0.3 is 28.4 Å². The average molecular weight is 1820 g/mol. The molecule has 0 N–H and O–H groups in total. The number of oxazole rings is 1. The molecule has 27 rings (SSSR count). The molecule has 4 heterocycles. The van der Waals surface area contributed by atoms with Crippen molar-refractivity contribution in [1.29, 1.82) is 0 Å². The van der Waals surface area contributed by atoms with Gasteiger partial charge in [0.15, 0.2) is 5.58 Å². The van der Waals surface area contributed by atoms with Crippen molar-refractivity contribution in [2.75, 3.05) is 19.6 Å². The van der Waals surface area contributed by atoms with Crippen LogP contribution in [-0.4, -0.2) is 4.98 Å². The number of hydrogen-bond acceptors (Lipinski definition) is 9. The summed E-state index contributed by atoms with van der Waals surface area (Å²) in [4.78, 5) is 11.7. The van der Waals surface area contributed by atoms with Crippen molar-refractivity contribution in [3.05, 3.63) is 502 Å². The summed E-state index contributed by atoms with van der Waals surface area (Å²) in [7, 11) is 0. The minimum atomic E-state index is -1.22. The Kier molecular flexibility index (Phi) is 14.4. The number of nitrogens with zero attached hydrogens (tertiary/aromatic N) is 5. The Morgan fingerprint density at radius 1 is 0.248 bits per heavy atom. The first-order valence-corrected chi connectivity index (χ1v) is 45.9. The van der Waals surface area contributed by atoms with Gasteiger partial charge in [-0.3, -0.25) is 0 Å². The first-order chi connectivity index (χ1) is 79.3. The predicted molar refractivity (Wildman–Crippen MR) is 583 cm³/mol. The highest BCUT2D eigenvalue weighted by molar-refractivity contribution is 7.26. The van der Waals surface area contributed by atoms with Gasteiger partial charge >= 0.3 is 0 Å². The van der Waals surface area contributed by atoms with E-state index in [2.05, 4.69) is 355 Å². The maximum atomic E-state index is 10.1. The number of hydrogen-bond donors (Lipinski definition) is 0. The third-order valence-corrected chi connectivity index (χ3v) is 27.3. The molecule has 0 saturated carbocycles. The zero-order valence-corrected chi connectivity index (χ0v) is 74.6. The van der Waals surface area contributed by atoms with Crippen LogP contribution in [0.5, 0.6) is 0 Å². The van der Waals surface area contributed by atoms with Gasteiger partial charge in [0.2, 0.25) is 5.89 Å². The summed E-state index contributed by atoms with van der Waals surface area (Å²) in [6, 6.07) is 90.2. The van der Waals surface area contributed by atoms with Crippen molar-refractivity contribution in [3.63, 3.8) is 0 Å². The molecule has 0 aliphatic heterocycles. The van der Waals surface area contributed by atoms with E-state index in [1.807, 2.05) is 22.7 Å². The maximum absolute atomic E-state index is 10.1. The van der Waals surface area contributed by atoms with Gasteiger partial charge in [0.05, 0.1) is 38.4 Å². The Hall–Kier alpha value is -17.2. The molecular formula is C128H87N5O2S2. The number of fused-ring (bicyclic) bond motifs is 19. The summed E-state index contributed by atoms with van der Waals surface area (Å²) in [5, 5.41) is 6.56. The molecule has 0 fully saturated rings. The van der Waals surface area contributed by atoms with Crippen LogP contribution in [0.2, 0.25) is 0 Å². The van der Waals surface area contributed by atoms with E-state index in [1.165, 1.54) is 95.3 Å². The van der Waals surface area contributed by atoms with Crippen LogP contribution in [0, 0.1) is 0 Å². The molecule has 0 radical (unpaired) electrons. The van der Waals surface area contributed by atoms with Gasteiger partial charge in [-0.15, -0.1) is 22.7 Å². The minimum Gasteiger partial charge on any atom is -0.456 e. The zero-order valence-electron chi connectivity index (χ0n) is 101. The van der Waals surface area contributed by atoms with Crippen LogP contribution in [0.3, 0.4) is 0 Å². The molecule has 137 heavy (non-hydrogen) atoms. The Bertz CT molecular complexity index is 10800. The van der Waals surface area contributed by atoms with Crippen molar-refractivity contribution in [1.82, 2.24) is 4.98 Å². The van der Waals surface area contributed by atoms with Crippen molar-refractivity contribution in [2.45, 2.75) is 19.3 Å². The van der Waals surface area contributed by atoms with Crippen molar-refractivity contribution in [3.8, 4) is 44.8 Å². The fraction of sp³-hybridized carbons (Fsp3) is 0.0234. The zero-order chi connectivity index (χ0) is 115. The molecule has 4 aromatic heterocycles. The van der Waals surface area contributed by atoms with Crippen LogP contribution in [0.4, 0.5) is 68.2 Å². The van der Waals surface area contributed by atoms with Crippen LogP contribution >= 0.6 is 22.7 Å². The molecule has 0 spiro atoms. The molecular weight excluding hydrogens is 1700 g/mol. The lowest BCUT2D eigenvalue weighted by atomic mass is 9.82. The second-order valence-electron chi connectivity index (χ2n) is 33.5. The average Bonchev–Trinajstić information content (AvgIpc) is 1.67. The molecule has 9 heteroatoms. The number of aromatic nitrogens is 1. The number of furan rings is 1. The van der Waals surface area contributed by atoms with E-state index in [1.54, 1.807) is 0 Å². The Morgan fingerprint density at radius 3 is 1.37 bits per heavy atom. The Labute approximate surface area is 840 Å². The van der Waals surface area contributed by atoms with Gasteiger partial charge in [-0.25, -0.2) is 4.98 Å². The summed E-state index contributed by atoms with van der Waals surface area (Å²) >= 11 is 3.72. The number of rotatable bonds is 15. The highest BCUT2D eigenvalue weighted by Crippen LogP contribution is 2.54. The summed E-state index contributed by atoms with van der Waals surface area (Å²) in [5.74, 6) is -0.731. The molecule has 7 nitrogen and oxygen atoms in total. The first kappa shape index (κ1) is 57.3. The molecule has 1 aliphatic rings. The summed E-state index contributed by atoms with van der Waals surface area (Å²) in [6.07, 6.45) is 0. The molecule has 0 bridgehead atoms. The smallest absolute Gasteiger partial charge is 0.227 e. The van der Waals surface area contributed by atoms with Crippen LogP contribution in [0.25, 0.3) is 161 Å². The third-order valence-electron chi connectivity index (χ3n) is 25.0. The maximum Gasteiger partial charge on any atom is 0.227 e. The Morgan fingerprint density at radius 2 is 0.701 bits per heavy atom. The highest BCUT2D eigenvalue weighted by atomic mass is 32.1. The van der Waals surface area contributed by atoms with E-state index in [0.717, 1.165) is 51.2 Å². The molecule has 1 aliphatic carbocycles. The molecule has 26 aromatic rings. The minimum absolute atomic E-state index is 0.0493. The lowest BCUT2D eigenvalue weighted by Crippen LogP contribution is -2.15. The highest BCUT2D eigenvalue weighted by Gasteiger charge is 2.37. The van der Waals surface area contributed by atoms with Gasteiger partial charge in [0, 0.05) is 136 Å². The van der Waals surface area contributed by atoms with Crippen LogP contribution in [0.1, 0.15) is 63.4 Å². The lowest BCUT2D eigenvalue weighted by Gasteiger charge is -2.27. The lowest BCUT2D eigenvalue weighted by molar-refractivity contribution is 0.623. The van der Waals surface area contributed by atoms with E-state index >= 15 is 0 Å². The quantitative estimate of drug-likeness (QED) is 0.0948.